The zero-order chi connectivity index (χ0) is 10.7. The minimum Gasteiger partial charge on any atom is -0.490 e. The highest BCUT2D eigenvalue weighted by Crippen LogP contribution is 2.30. The smallest absolute Gasteiger partial charge is 0.168 e. The number of pyridine rings is 1. The molecule has 1 saturated carbocycles. The molecule has 0 aliphatic heterocycles. The van der Waals surface area contributed by atoms with Gasteiger partial charge in [-0.3, -0.25) is 0 Å². The van der Waals surface area contributed by atoms with Crippen LogP contribution in [0.15, 0.2) is 18.3 Å². The van der Waals surface area contributed by atoms with Crippen LogP contribution in [0, 0.1) is 0 Å². The van der Waals surface area contributed by atoms with Crippen LogP contribution < -0.4 is 10.1 Å². The van der Waals surface area contributed by atoms with Crippen LogP contribution in [-0.4, -0.2) is 23.0 Å². The minimum atomic E-state index is 0.321. The zero-order valence-corrected chi connectivity index (χ0v) is 9.50. The molecule has 82 valence electrons. The Morgan fingerprint density at radius 1 is 1.60 bits per heavy atom. The fourth-order valence-corrected chi connectivity index (χ4v) is 2.06. The molecule has 0 unspecified atom stereocenters. The first kappa shape index (κ1) is 10.6. The Hall–Kier alpha value is -0.960. The van der Waals surface area contributed by atoms with E-state index in [1.165, 1.54) is 0 Å². The van der Waals surface area contributed by atoms with E-state index in [4.69, 9.17) is 16.3 Å². The van der Waals surface area contributed by atoms with E-state index in [-0.39, 0.29) is 0 Å². The second-order valence-electron chi connectivity index (χ2n) is 3.69. The Labute approximate surface area is 94.8 Å². The van der Waals surface area contributed by atoms with Crippen molar-refractivity contribution in [2.24, 2.45) is 0 Å². The molecule has 4 heteroatoms. The number of halogens is 1. The number of hydrogen-bond acceptors (Lipinski definition) is 3. The van der Waals surface area contributed by atoms with E-state index in [1.807, 2.05) is 19.1 Å². The number of rotatable bonds is 4. The van der Waals surface area contributed by atoms with E-state index in [9.17, 15) is 0 Å². The molecule has 0 aromatic carbocycles. The normalized spacial score (nSPS) is 24.4. The highest BCUT2D eigenvalue weighted by molar-refractivity contribution is 6.21. The van der Waals surface area contributed by atoms with Crippen molar-refractivity contribution in [2.45, 2.75) is 31.2 Å². The Balaban J connectivity index is 2.00. The van der Waals surface area contributed by atoms with Gasteiger partial charge in [-0.25, -0.2) is 4.98 Å². The average Bonchev–Trinajstić information content (AvgIpc) is 2.19. The summed E-state index contributed by atoms with van der Waals surface area (Å²) in [7, 11) is 0. The van der Waals surface area contributed by atoms with E-state index >= 15 is 0 Å². The number of nitrogens with zero attached hydrogens (tertiary/aromatic N) is 1. The van der Waals surface area contributed by atoms with E-state index < -0.39 is 0 Å². The molecule has 1 fully saturated rings. The quantitative estimate of drug-likeness (QED) is 0.802. The van der Waals surface area contributed by atoms with Gasteiger partial charge < -0.3 is 10.1 Å². The number of aromatic nitrogens is 1. The molecule has 1 N–H and O–H groups in total. The first-order chi connectivity index (χ1) is 7.29. The van der Waals surface area contributed by atoms with E-state index in [2.05, 4.69) is 10.3 Å². The molecule has 0 amide bonds. The van der Waals surface area contributed by atoms with Gasteiger partial charge in [0.2, 0.25) is 0 Å². The lowest BCUT2D eigenvalue weighted by Gasteiger charge is -2.32. The van der Waals surface area contributed by atoms with Gasteiger partial charge in [0.05, 0.1) is 6.61 Å². The maximum Gasteiger partial charge on any atom is 0.168 e. The summed E-state index contributed by atoms with van der Waals surface area (Å²) in [5.74, 6) is 1.64. The largest absolute Gasteiger partial charge is 0.490 e. The summed E-state index contributed by atoms with van der Waals surface area (Å²) in [6, 6.07) is 4.25. The van der Waals surface area contributed by atoms with Crippen LogP contribution in [0.3, 0.4) is 0 Å². The molecule has 0 bridgehead atoms. The molecule has 0 radical (unpaired) electrons. The summed E-state index contributed by atoms with van der Waals surface area (Å²) in [4.78, 5) is 4.26. The fraction of sp³-hybridized carbons (Fsp3) is 0.545. The molecular formula is C11H15ClN2O. The Morgan fingerprint density at radius 2 is 2.40 bits per heavy atom. The van der Waals surface area contributed by atoms with Crippen molar-refractivity contribution in [2.75, 3.05) is 11.9 Å². The fourth-order valence-electron chi connectivity index (χ4n) is 1.63. The summed E-state index contributed by atoms with van der Waals surface area (Å²) in [5, 5.41) is 3.66. The predicted octanol–water partition coefficient (Wildman–Crippen LogP) is 2.66. The van der Waals surface area contributed by atoms with Crippen LogP contribution in [0.4, 0.5) is 5.82 Å². The summed E-state index contributed by atoms with van der Waals surface area (Å²) < 4.78 is 5.48. The summed E-state index contributed by atoms with van der Waals surface area (Å²) in [6.45, 7) is 2.62. The van der Waals surface area contributed by atoms with Gasteiger partial charge >= 0.3 is 0 Å². The lowest BCUT2D eigenvalue weighted by molar-refractivity contribution is 0.339. The molecule has 1 heterocycles. The molecule has 1 aromatic heterocycles. The molecule has 1 aromatic rings. The SMILES string of the molecule is CCOc1cccnc1NC1CC(Cl)C1. The van der Waals surface area contributed by atoms with Gasteiger partial charge in [0.15, 0.2) is 11.6 Å². The van der Waals surface area contributed by atoms with Crippen molar-refractivity contribution in [3.05, 3.63) is 18.3 Å². The lowest BCUT2D eigenvalue weighted by Crippen LogP contribution is -2.36. The van der Waals surface area contributed by atoms with Crippen LogP contribution in [0.2, 0.25) is 0 Å². The molecule has 1 aliphatic rings. The second kappa shape index (κ2) is 4.71. The molecule has 1 aliphatic carbocycles. The molecule has 0 saturated heterocycles. The second-order valence-corrected chi connectivity index (χ2v) is 4.31. The van der Waals surface area contributed by atoms with Gasteiger partial charge in [-0.2, -0.15) is 0 Å². The third-order valence-electron chi connectivity index (χ3n) is 2.49. The van der Waals surface area contributed by atoms with E-state index in [1.54, 1.807) is 6.20 Å². The van der Waals surface area contributed by atoms with Crippen LogP contribution in [0.5, 0.6) is 5.75 Å². The Bertz CT molecular complexity index is 326. The Morgan fingerprint density at radius 3 is 3.07 bits per heavy atom. The maximum atomic E-state index is 5.92. The van der Waals surface area contributed by atoms with Crippen molar-refractivity contribution in [1.29, 1.82) is 0 Å². The van der Waals surface area contributed by atoms with Gasteiger partial charge in [0, 0.05) is 17.6 Å². The van der Waals surface area contributed by atoms with Crippen molar-refractivity contribution in [3.8, 4) is 5.75 Å². The molecule has 15 heavy (non-hydrogen) atoms. The highest BCUT2D eigenvalue weighted by atomic mass is 35.5. The zero-order valence-electron chi connectivity index (χ0n) is 8.74. The number of hydrogen-bond donors (Lipinski definition) is 1. The van der Waals surface area contributed by atoms with Gasteiger partial charge in [-0.05, 0) is 31.9 Å². The molecule has 2 rings (SSSR count). The van der Waals surface area contributed by atoms with Crippen LogP contribution in [-0.2, 0) is 0 Å². The van der Waals surface area contributed by atoms with Crippen LogP contribution in [0.25, 0.3) is 0 Å². The predicted molar refractivity (Wildman–Crippen MR) is 61.7 cm³/mol. The van der Waals surface area contributed by atoms with Crippen molar-refractivity contribution in [1.82, 2.24) is 4.98 Å². The topological polar surface area (TPSA) is 34.1 Å². The highest BCUT2D eigenvalue weighted by Gasteiger charge is 2.27. The van der Waals surface area contributed by atoms with Crippen molar-refractivity contribution < 1.29 is 4.74 Å². The molecule has 3 nitrogen and oxygen atoms in total. The average molecular weight is 227 g/mol. The monoisotopic (exact) mass is 226 g/mol. The summed E-state index contributed by atoms with van der Waals surface area (Å²) >= 11 is 5.92. The number of ether oxygens (including phenoxy) is 1. The standard InChI is InChI=1S/C11H15ClN2O/c1-2-15-10-4-3-5-13-11(10)14-9-6-8(12)7-9/h3-5,8-9H,2,6-7H2,1H3,(H,13,14). The third-order valence-corrected chi connectivity index (χ3v) is 2.85. The maximum absolute atomic E-state index is 5.92. The summed E-state index contributed by atoms with van der Waals surface area (Å²) in [6.07, 6.45) is 3.77. The lowest BCUT2D eigenvalue weighted by atomic mass is 9.92. The first-order valence-corrected chi connectivity index (χ1v) is 5.71. The van der Waals surface area contributed by atoms with Gasteiger partial charge in [-0.15, -0.1) is 11.6 Å². The number of alkyl halides is 1. The van der Waals surface area contributed by atoms with Crippen LogP contribution in [0.1, 0.15) is 19.8 Å². The first-order valence-electron chi connectivity index (χ1n) is 5.28. The Kier molecular flexibility index (Phi) is 3.31. The molecular weight excluding hydrogens is 212 g/mol. The minimum absolute atomic E-state index is 0.321. The van der Waals surface area contributed by atoms with Crippen molar-refractivity contribution >= 4 is 17.4 Å². The third kappa shape index (κ3) is 2.53. The van der Waals surface area contributed by atoms with E-state index in [0.29, 0.717) is 18.0 Å². The van der Waals surface area contributed by atoms with Crippen molar-refractivity contribution in [3.63, 3.8) is 0 Å². The number of anilines is 1. The van der Waals surface area contributed by atoms with Crippen LogP contribution >= 0.6 is 11.6 Å². The molecule has 0 spiro atoms. The van der Waals surface area contributed by atoms with Gasteiger partial charge in [-0.1, -0.05) is 0 Å². The van der Waals surface area contributed by atoms with E-state index in [0.717, 1.165) is 24.4 Å². The van der Waals surface area contributed by atoms with Gasteiger partial charge in [0.25, 0.3) is 0 Å². The summed E-state index contributed by atoms with van der Waals surface area (Å²) in [5.41, 5.74) is 0. The van der Waals surface area contributed by atoms with Gasteiger partial charge in [0.1, 0.15) is 0 Å². The molecule has 0 atom stereocenters. The number of nitrogens with one attached hydrogen (secondary N) is 1.